The zero-order chi connectivity index (χ0) is 12.8. The number of nitrogens with zero attached hydrogens (tertiary/aromatic N) is 1. The predicted octanol–water partition coefficient (Wildman–Crippen LogP) is 4.80. The van der Waals surface area contributed by atoms with Crippen molar-refractivity contribution in [2.45, 2.75) is 25.8 Å². The van der Waals surface area contributed by atoms with Gasteiger partial charge in [0.2, 0.25) is 0 Å². The molecule has 0 spiro atoms. The number of rotatable bonds is 5. The van der Waals surface area contributed by atoms with Crippen LogP contribution in [0.25, 0.3) is 0 Å². The standard InChI is InChI=1S/C15H17BrN2/c1-2-6-14(12-7-4-3-5-8-12)18-13-9-10-15(16)17-11-13/h3-5,7-11,14,18H,2,6H2,1H3. The van der Waals surface area contributed by atoms with E-state index in [9.17, 15) is 0 Å². The summed E-state index contributed by atoms with van der Waals surface area (Å²) in [5, 5.41) is 3.54. The van der Waals surface area contributed by atoms with Crippen LogP contribution in [0.15, 0.2) is 53.3 Å². The van der Waals surface area contributed by atoms with Gasteiger partial charge < -0.3 is 5.32 Å². The van der Waals surface area contributed by atoms with Crippen LogP contribution in [0, 0.1) is 0 Å². The number of pyridine rings is 1. The molecule has 2 nitrogen and oxygen atoms in total. The number of hydrogen-bond acceptors (Lipinski definition) is 2. The number of anilines is 1. The van der Waals surface area contributed by atoms with Crippen molar-refractivity contribution in [2.24, 2.45) is 0 Å². The monoisotopic (exact) mass is 304 g/mol. The van der Waals surface area contributed by atoms with Crippen molar-refractivity contribution >= 4 is 21.6 Å². The van der Waals surface area contributed by atoms with Gasteiger partial charge in [0.1, 0.15) is 4.60 Å². The molecule has 1 N–H and O–H groups in total. The third-order valence-electron chi connectivity index (χ3n) is 2.85. The summed E-state index contributed by atoms with van der Waals surface area (Å²) in [5.74, 6) is 0. The van der Waals surface area contributed by atoms with Crippen LogP contribution in [-0.4, -0.2) is 4.98 Å². The van der Waals surface area contributed by atoms with Crippen LogP contribution in [0.5, 0.6) is 0 Å². The van der Waals surface area contributed by atoms with Crippen molar-refractivity contribution in [3.63, 3.8) is 0 Å². The Bertz CT molecular complexity index is 468. The van der Waals surface area contributed by atoms with E-state index in [1.54, 1.807) is 0 Å². The Morgan fingerprint density at radius 3 is 2.56 bits per heavy atom. The Labute approximate surface area is 117 Å². The van der Waals surface area contributed by atoms with Gasteiger partial charge in [0.05, 0.1) is 17.9 Å². The van der Waals surface area contributed by atoms with E-state index in [0.717, 1.165) is 23.1 Å². The Hall–Kier alpha value is -1.35. The number of aromatic nitrogens is 1. The first-order valence-corrected chi connectivity index (χ1v) is 7.02. The Morgan fingerprint density at radius 2 is 1.94 bits per heavy atom. The summed E-state index contributed by atoms with van der Waals surface area (Å²) < 4.78 is 0.861. The second-order valence-electron chi connectivity index (χ2n) is 4.27. The summed E-state index contributed by atoms with van der Waals surface area (Å²) in [5.41, 5.74) is 2.38. The van der Waals surface area contributed by atoms with Gasteiger partial charge in [-0.3, -0.25) is 0 Å². The van der Waals surface area contributed by atoms with E-state index in [4.69, 9.17) is 0 Å². The van der Waals surface area contributed by atoms with Crippen LogP contribution in [0.4, 0.5) is 5.69 Å². The van der Waals surface area contributed by atoms with Gasteiger partial charge in [-0.15, -0.1) is 0 Å². The third-order valence-corrected chi connectivity index (χ3v) is 3.32. The average Bonchev–Trinajstić information content (AvgIpc) is 2.42. The van der Waals surface area contributed by atoms with E-state index in [1.165, 1.54) is 5.56 Å². The van der Waals surface area contributed by atoms with Crippen LogP contribution in [0.2, 0.25) is 0 Å². The Balaban J connectivity index is 2.14. The van der Waals surface area contributed by atoms with E-state index < -0.39 is 0 Å². The molecule has 0 bridgehead atoms. The molecule has 2 aromatic rings. The molecular weight excluding hydrogens is 288 g/mol. The molecule has 0 saturated heterocycles. The first kappa shape index (κ1) is 13.1. The highest BCUT2D eigenvalue weighted by atomic mass is 79.9. The summed E-state index contributed by atoms with van der Waals surface area (Å²) in [6.07, 6.45) is 4.12. The lowest BCUT2D eigenvalue weighted by molar-refractivity contribution is 0.677. The molecule has 94 valence electrons. The molecule has 0 saturated carbocycles. The van der Waals surface area contributed by atoms with Crippen molar-refractivity contribution in [3.05, 3.63) is 58.8 Å². The van der Waals surface area contributed by atoms with E-state index in [0.29, 0.717) is 6.04 Å². The molecule has 0 aliphatic heterocycles. The van der Waals surface area contributed by atoms with Crippen LogP contribution >= 0.6 is 15.9 Å². The minimum absolute atomic E-state index is 0.346. The molecule has 18 heavy (non-hydrogen) atoms. The van der Waals surface area contributed by atoms with Gasteiger partial charge in [0, 0.05) is 0 Å². The molecule has 2 rings (SSSR count). The highest BCUT2D eigenvalue weighted by Crippen LogP contribution is 2.23. The van der Waals surface area contributed by atoms with Crippen LogP contribution in [-0.2, 0) is 0 Å². The molecule has 1 aromatic heterocycles. The summed E-state index contributed by atoms with van der Waals surface area (Å²) in [4.78, 5) is 4.24. The minimum Gasteiger partial charge on any atom is -0.377 e. The highest BCUT2D eigenvalue weighted by Gasteiger charge is 2.09. The Morgan fingerprint density at radius 1 is 1.17 bits per heavy atom. The van der Waals surface area contributed by atoms with Crippen molar-refractivity contribution in [1.29, 1.82) is 0 Å². The van der Waals surface area contributed by atoms with Gasteiger partial charge in [0.15, 0.2) is 0 Å². The molecule has 1 atom stereocenters. The van der Waals surface area contributed by atoms with E-state index >= 15 is 0 Å². The molecule has 1 aromatic carbocycles. The number of nitrogens with one attached hydrogen (secondary N) is 1. The van der Waals surface area contributed by atoms with Crippen molar-refractivity contribution < 1.29 is 0 Å². The molecule has 1 heterocycles. The quantitative estimate of drug-likeness (QED) is 0.803. The Kier molecular flexibility index (Phi) is 4.76. The molecular formula is C15H17BrN2. The fraction of sp³-hybridized carbons (Fsp3) is 0.267. The second-order valence-corrected chi connectivity index (χ2v) is 5.08. The summed E-state index contributed by atoms with van der Waals surface area (Å²) in [6.45, 7) is 2.21. The van der Waals surface area contributed by atoms with Crippen molar-refractivity contribution in [3.8, 4) is 0 Å². The van der Waals surface area contributed by atoms with E-state index in [1.807, 2.05) is 24.4 Å². The van der Waals surface area contributed by atoms with E-state index in [2.05, 4.69) is 57.4 Å². The maximum Gasteiger partial charge on any atom is 0.106 e. The molecule has 3 heteroatoms. The predicted molar refractivity (Wildman–Crippen MR) is 79.7 cm³/mol. The minimum atomic E-state index is 0.346. The van der Waals surface area contributed by atoms with Crippen molar-refractivity contribution in [2.75, 3.05) is 5.32 Å². The van der Waals surface area contributed by atoms with Gasteiger partial charge in [-0.1, -0.05) is 43.7 Å². The maximum atomic E-state index is 4.24. The second kappa shape index (κ2) is 6.55. The fourth-order valence-corrected chi connectivity index (χ4v) is 2.19. The number of benzene rings is 1. The van der Waals surface area contributed by atoms with Gasteiger partial charge in [-0.25, -0.2) is 4.98 Å². The van der Waals surface area contributed by atoms with Crippen LogP contribution in [0.3, 0.4) is 0 Å². The van der Waals surface area contributed by atoms with Crippen molar-refractivity contribution in [1.82, 2.24) is 4.98 Å². The fourth-order valence-electron chi connectivity index (χ4n) is 1.96. The smallest absolute Gasteiger partial charge is 0.106 e. The molecule has 0 aliphatic rings. The number of halogens is 1. The first-order chi connectivity index (χ1) is 8.79. The zero-order valence-corrected chi connectivity index (χ0v) is 12.0. The average molecular weight is 305 g/mol. The molecule has 0 radical (unpaired) electrons. The normalized spacial score (nSPS) is 12.1. The van der Waals surface area contributed by atoms with E-state index in [-0.39, 0.29) is 0 Å². The zero-order valence-electron chi connectivity index (χ0n) is 10.4. The van der Waals surface area contributed by atoms with Gasteiger partial charge >= 0.3 is 0 Å². The molecule has 1 unspecified atom stereocenters. The molecule has 0 amide bonds. The summed E-state index contributed by atoms with van der Waals surface area (Å²) >= 11 is 3.35. The maximum absolute atomic E-state index is 4.24. The highest BCUT2D eigenvalue weighted by molar-refractivity contribution is 9.10. The van der Waals surface area contributed by atoms with Gasteiger partial charge in [-0.05, 0) is 40.0 Å². The summed E-state index contributed by atoms with van der Waals surface area (Å²) in [6, 6.07) is 14.9. The lowest BCUT2D eigenvalue weighted by Gasteiger charge is -2.19. The number of hydrogen-bond donors (Lipinski definition) is 1. The molecule has 0 fully saturated rings. The topological polar surface area (TPSA) is 24.9 Å². The third kappa shape index (κ3) is 3.57. The SMILES string of the molecule is CCCC(Nc1ccc(Br)nc1)c1ccccc1. The summed E-state index contributed by atoms with van der Waals surface area (Å²) in [7, 11) is 0. The first-order valence-electron chi connectivity index (χ1n) is 6.22. The van der Waals surface area contributed by atoms with Gasteiger partial charge in [0.25, 0.3) is 0 Å². The van der Waals surface area contributed by atoms with Crippen LogP contribution in [0.1, 0.15) is 31.4 Å². The van der Waals surface area contributed by atoms with Crippen LogP contribution < -0.4 is 5.32 Å². The molecule has 0 aliphatic carbocycles. The largest absolute Gasteiger partial charge is 0.377 e. The lowest BCUT2D eigenvalue weighted by Crippen LogP contribution is -2.10. The van der Waals surface area contributed by atoms with Gasteiger partial charge in [-0.2, -0.15) is 0 Å². The lowest BCUT2D eigenvalue weighted by atomic mass is 10.0.